The van der Waals surface area contributed by atoms with Gasteiger partial charge in [0.05, 0.1) is 5.69 Å². The van der Waals surface area contributed by atoms with E-state index in [9.17, 15) is 4.79 Å². The van der Waals surface area contributed by atoms with Gasteiger partial charge in [0.2, 0.25) is 0 Å². The van der Waals surface area contributed by atoms with Gasteiger partial charge in [0, 0.05) is 35.1 Å². The second-order valence-corrected chi connectivity index (χ2v) is 9.27. The molecule has 28 heavy (non-hydrogen) atoms. The molecule has 2 aromatic heterocycles. The zero-order chi connectivity index (χ0) is 20.1. The predicted octanol–water partition coefficient (Wildman–Crippen LogP) is 5.95. The first kappa shape index (κ1) is 18.8. The van der Waals surface area contributed by atoms with E-state index in [-0.39, 0.29) is 11.4 Å². The van der Waals surface area contributed by atoms with Crippen LogP contribution < -0.4 is 0 Å². The summed E-state index contributed by atoms with van der Waals surface area (Å²) in [5, 5.41) is 2.09. The molecular weight excluding hydrogens is 364 g/mol. The lowest BCUT2D eigenvalue weighted by Gasteiger charge is -2.32. The quantitative estimate of drug-likeness (QED) is 0.542. The molecule has 3 heterocycles. The molecule has 0 aliphatic carbocycles. The fraction of sp³-hybridized carbons (Fsp3) is 0.292. The molecule has 1 aliphatic rings. The van der Waals surface area contributed by atoms with Crippen LogP contribution in [0.4, 0.5) is 0 Å². The van der Waals surface area contributed by atoms with E-state index in [0.29, 0.717) is 0 Å². The number of hydrogen-bond donors (Lipinski definition) is 0. The summed E-state index contributed by atoms with van der Waals surface area (Å²) in [5.74, 6) is 0.0693. The third kappa shape index (κ3) is 3.02. The lowest BCUT2D eigenvalue weighted by Crippen LogP contribution is -2.43. The molecule has 0 fully saturated rings. The van der Waals surface area contributed by atoms with Gasteiger partial charge >= 0.3 is 0 Å². The molecule has 0 spiro atoms. The first-order valence-corrected chi connectivity index (χ1v) is 10.5. The van der Waals surface area contributed by atoms with Gasteiger partial charge in [0.25, 0.3) is 5.91 Å². The molecule has 4 heteroatoms. The van der Waals surface area contributed by atoms with E-state index in [1.165, 1.54) is 16.0 Å². The van der Waals surface area contributed by atoms with Crippen molar-refractivity contribution >= 4 is 23.3 Å². The SMILES string of the molecule is C=Cc1ccc2c(c1)-c1c(-c3cccs3)cc(C(=O)N(C)C(C)(C)C)n1CC2. The number of nitrogens with zero attached hydrogens (tertiary/aromatic N) is 2. The van der Waals surface area contributed by atoms with Crippen molar-refractivity contribution in [1.29, 1.82) is 0 Å². The maximum absolute atomic E-state index is 13.4. The van der Waals surface area contributed by atoms with Crippen LogP contribution >= 0.6 is 11.3 Å². The van der Waals surface area contributed by atoms with Gasteiger partial charge in [-0.25, -0.2) is 0 Å². The molecule has 0 atom stereocenters. The molecule has 0 N–H and O–H groups in total. The molecule has 0 unspecified atom stereocenters. The topological polar surface area (TPSA) is 25.2 Å². The van der Waals surface area contributed by atoms with Crippen LogP contribution in [-0.4, -0.2) is 28.0 Å². The van der Waals surface area contributed by atoms with Crippen LogP contribution in [-0.2, 0) is 13.0 Å². The molecule has 1 aromatic carbocycles. The fourth-order valence-corrected chi connectivity index (χ4v) is 4.48. The van der Waals surface area contributed by atoms with E-state index < -0.39 is 0 Å². The molecule has 0 saturated carbocycles. The number of rotatable bonds is 3. The van der Waals surface area contributed by atoms with E-state index in [1.807, 2.05) is 18.0 Å². The van der Waals surface area contributed by atoms with Crippen molar-refractivity contribution in [1.82, 2.24) is 9.47 Å². The highest BCUT2D eigenvalue weighted by atomic mass is 32.1. The predicted molar refractivity (Wildman–Crippen MR) is 119 cm³/mol. The van der Waals surface area contributed by atoms with Gasteiger partial charge in [-0.15, -0.1) is 11.3 Å². The molecule has 144 valence electrons. The largest absolute Gasteiger partial charge is 0.336 e. The van der Waals surface area contributed by atoms with Gasteiger partial charge < -0.3 is 9.47 Å². The van der Waals surface area contributed by atoms with Crippen molar-refractivity contribution < 1.29 is 4.79 Å². The normalized spacial score (nSPS) is 13.0. The van der Waals surface area contributed by atoms with Gasteiger partial charge in [-0.1, -0.05) is 30.9 Å². The Morgan fingerprint density at radius 1 is 1.21 bits per heavy atom. The average Bonchev–Trinajstić information content (AvgIpc) is 3.33. The van der Waals surface area contributed by atoms with E-state index in [0.717, 1.165) is 35.5 Å². The van der Waals surface area contributed by atoms with Crippen molar-refractivity contribution in [3.63, 3.8) is 0 Å². The van der Waals surface area contributed by atoms with Crippen LogP contribution in [0.2, 0.25) is 0 Å². The summed E-state index contributed by atoms with van der Waals surface area (Å²) in [6, 6.07) is 12.8. The number of fused-ring (bicyclic) bond motifs is 3. The lowest BCUT2D eigenvalue weighted by molar-refractivity contribution is 0.0644. The van der Waals surface area contributed by atoms with Gasteiger partial charge in [0.15, 0.2) is 0 Å². The maximum atomic E-state index is 13.4. The summed E-state index contributed by atoms with van der Waals surface area (Å²) >= 11 is 1.71. The van der Waals surface area contributed by atoms with Gasteiger partial charge in [-0.05, 0) is 61.9 Å². The summed E-state index contributed by atoms with van der Waals surface area (Å²) in [6.07, 6.45) is 2.81. The molecule has 3 nitrogen and oxygen atoms in total. The van der Waals surface area contributed by atoms with Crippen LogP contribution in [0.25, 0.3) is 27.8 Å². The summed E-state index contributed by atoms with van der Waals surface area (Å²) in [5.41, 5.74) is 6.48. The number of aryl methyl sites for hydroxylation is 1. The molecule has 1 amide bonds. The van der Waals surface area contributed by atoms with Crippen molar-refractivity contribution in [3.8, 4) is 21.7 Å². The number of benzene rings is 1. The number of amides is 1. The molecule has 0 bridgehead atoms. The van der Waals surface area contributed by atoms with E-state index in [4.69, 9.17) is 0 Å². The molecule has 3 aromatic rings. The van der Waals surface area contributed by atoms with Gasteiger partial charge in [-0.2, -0.15) is 0 Å². The fourth-order valence-electron chi connectivity index (χ4n) is 3.74. The number of aromatic nitrogens is 1. The highest BCUT2D eigenvalue weighted by molar-refractivity contribution is 7.13. The van der Waals surface area contributed by atoms with Crippen molar-refractivity contribution in [2.75, 3.05) is 7.05 Å². The van der Waals surface area contributed by atoms with Gasteiger partial charge in [0.1, 0.15) is 5.69 Å². The highest BCUT2D eigenvalue weighted by Crippen LogP contribution is 2.42. The lowest BCUT2D eigenvalue weighted by atomic mass is 9.94. The monoisotopic (exact) mass is 390 g/mol. The Morgan fingerprint density at radius 3 is 2.64 bits per heavy atom. The summed E-state index contributed by atoms with van der Waals surface area (Å²) < 4.78 is 2.22. The van der Waals surface area contributed by atoms with Crippen LogP contribution in [0.1, 0.15) is 42.4 Å². The molecular formula is C24H26N2OS. The van der Waals surface area contributed by atoms with E-state index in [2.05, 4.69) is 73.7 Å². The summed E-state index contributed by atoms with van der Waals surface area (Å²) in [7, 11) is 1.89. The maximum Gasteiger partial charge on any atom is 0.270 e. The van der Waals surface area contributed by atoms with Crippen LogP contribution in [0.15, 0.2) is 48.4 Å². The minimum atomic E-state index is -0.229. The standard InChI is InChI=1S/C24H26N2OS/c1-6-16-9-10-17-11-12-26-20(23(27)25(5)24(2,3)4)15-19(21-8-7-13-28-21)22(26)18(17)14-16/h6-10,13-15H,1,11-12H2,2-5H3. The van der Waals surface area contributed by atoms with E-state index in [1.54, 1.807) is 11.3 Å². The third-order valence-electron chi connectivity index (χ3n) is 5.64. The van der Waals surface area contributed by atoms with Crippen molar-refractivity contribution in [2.24, 2.45) is 0 Å². The van der Waals surface area contributed by atoms with Gasteiger partial charge in [-0.3, -0.25) is 4.79 Å². The number of carbonyl (C=O) groups is 1. The van der Waals surface area contributed by atoms with Crippen LogP contribution in [0, 0.1) is 0 Å². The van der Waals surface area contributed by atoms with Crippen LogP contribution in [0.5, 0.6) is 0 Å². The second-order valence-electron chi connectivity index (χ2n) is 8.33. The zero-order valence-corrected chi connectivity index (χ0v) is 17.8. The van der Waals surface area contributed by atoms with Crippen LogP contribution in [0.3, 0.4) is 0 Å². The average molecular weight is 391 g/mol. The molecule has 1 aliphatic heterocycles. The number of thiophene rings is 1. The third-order valence-corrected chi connectivity index (χ3v) is 6.55. The summed E-state index contributed by atoms with van der Waals surface area (Å²) in [4.78, 5) is 16.4. The minimum Gasteiger partial charge on any atom is -0.336 e. The Hall–Kier alpha value is -2.59. The minimum absolute atomic E-state index is 0.0693. The molecule has 0 saturated heterocycles. The highest BCUT2D eigenvalue weighted by Gasteiger charge is 2.31. The first-order chi connectivity index (χ1) is 13.3. The van der Waals surface area contributed by atoms with Crippen molar-refractivity contribution in [2.45, 2.75) is 39.3 Å². The number of carbonyl (C=O) groups excluding carboxylic acids is 1. The van der Waals surface area contributed by atoms with Crippen molar-refractivity contribution in [3.05, 3.63) is 65.2 Å². The Morgan fingerprint density at radius 2 is 2.00 bits per heavy atom. The number of hydrogen-bond acceptors (Lipinski definition) is 2. The molecule has 0 radical (unpaired) electrons. The zero-order valence-electron chi connectivity index (χ0n) is 17.0. The van der Waals surface area contributed by atoms with E-state index >= 15 is 0 Å². The first-order valence-electron chi connectivity index (χ1n) is 9.62. The Bertz CT molecular complexity index is 1050. The molecule has 4 rings (SSSR count). The second kappa shape index (κ2) is 6.78. The smallest absolute Gasteiger partial charge is 0.270 e. The Labute approximate surface area is 170 Å². The summed E-state index contributed by atoms with van der Waals surface area (Å²) in [6.45, 7) is 10.9. The Kier molecular flexibility index (Phi) is 4.54. The Balaban J connectivity index is 1.95.